The molecule has 1 aliphatic heterocycles. The lowest BCUT2D eigenvalue weighted by Gasteiger charge is -2.13. The average molecular weight is 445 g/mol. The van der Waals surface area contributed by atoms with Gasteiger partial charge in [0.05, 0.1) is 9.93 Å². The fraction of sp³-hybridized carbons (Fsp3) is 0.294. The zero-order valence-electron chi connectivity index (χ0n) is 13.0. The SMILES string of the molecule is CCCCCN1C(=O)C(=Cc2oc3ccc(Br)cc3c2Cl)SC1=S. The van der Waals surface area contributed by atoms with Gasteiger partial charge in [0.1, 0.15) is 15.7 Å². The number of unbranched alkanes of at least 4 members (excludes halogenated alkanes) is 2. The molecule has 1 amide bonds. The maximum absolute atomic E-state index is 12.6. The van der Waals surface area contributed by atoms with Crippen LogP contribution in [0, 0.1) is 0 Å². The van der Waals surface area contributed by atoms with E-state index in [0.29, 0.717) is 32.1 Å². The first kappa shape index (κ1) is 18.0. The molecule has 0 spiro atoms. The molecule has 1 fully saturated rings. The van der Waals surface area contributed by atoms with Gasteiger partial charge in [-0.1, -0.05) is 71.3 Å². The predicted molar refractivity (Wildman–Crippen MR) is 108 cm³/mol. The van der Waals surface area contributed by atoms with E-state index in [1.54, 1.807) is 11.0 Å². The van der Waals surface area contributed by atoms with Gasteiger partial charge in [-0.2, -0.15) is 0 Å². The second-order valence-corrected chi connectivity index (χ2v) is 8.43. The molecule has 0 atom stereocenters. The zero-order valence-corrected chi connectivity index (χ0v) is 16.9. The van der Waals surface area contributed by atoms with E-state index in [4.69, 9.17) is 28.2 Å². The van der Waals surface area contributed by atoms with E-state index < -0.39 is 0 Å². The first-order chi connectivity index (χ1) is 11.5. The van der Waals surface area contributed by atoms with Crippen LogP contribution >= 0.6 is 51.5 Å². The summed E-state index contributed by atoms with van der Waals surface area (Å²) in [5.74, 6) is 0.414. The van der Waals surface area contributed by atoms with Gasteiger partial charge in [-0.3, -0.25) is 9.69 Å². The number of fused-ring (bicyclic) bond motifs is 1. The highest BCUT2D eigenvalue weighted by Crippen LogP contribution is 2.37. The Morgan fingerprint density at radius 1 is 1.42 bits per heavy atom. The van der Waals surface area contributed by atoms with E-state index in [1.807, 2.05) is 18.2 Å². The number of rotatable bonds is 5. The number of carbonyl (C=O) groups is 1. The summed E-state index contributed by atoms with van der Waals surface area (Å²) in [6.45, 7) is 2.79. The first-order valence-corrected chi connectivity index (χ1v) is 10.0. The van der Waals surface area contributed by atoms with Crippen molar-refractivity contribution in [3.05, 3.63) is 38.4 Å². The van der Waals surface area contributed by atoms with Gasteiger partial charge in [0, 0.05) is 22.5 Å². The highest BCUT2D eigenvalue weighted by atomic mass is 79.9. The molecule has 2 heterocycles. The fourth-order valence-electron chi connectivity index (χ4n) is 2.48. The number of hydrogen-bond donors (Lipinski definition) is 0. The molecule has 0 N–H and O–H groups in total. The molecule has 7 heteroatoms. The summed E-state index contributed by atoms with van der Waals surface area (Å²) in [7, 11) is 0. The Balaban J connectivity index is 1.88. The van der Waals surface area contributed by atoms with Crippen LogP contribution in [0.1, 0.15) is 31.9 Å². The number of thioether (sulfide) groups is 1. The maximum atomic E-state index is 12.6. The maximum Gasteiger partial charge on any atom is 0.266 e. The van der Waals surface area contributed by atoms with Crippen molar-refractivity contribution in [1.29, 1.82) is 0 Å². The standard InChI is InChI=1S/C17H15BrClNO2S2/c1-2-3-4-7-20-16(21)14(24-17(20)23)9-13-15(19)11-8-10(18)5-6-12(11)22-13/h5-6,8-9H,2-4,7H2,1H3. The lowest BCUT2D eigenvalue weighted by molar-refractivity contribution is -0.122. The van der Waals surface area contributed by atoms with Crippen LogP contribution in [0.2, 0.25) is 5.02 Å². The van der Waals surface area contributed by atoms with Crippen LogP contribution < -0.4 is 0 Å². The highest BCUT2D eigenvalue weighted by molar-refractivity contribution is 9.10. The Labute approximate surface area is 163 Å². The Hall–Kier alpha value is -0.820. The molecule has 24 heavy (non-hydrogen) atoms. The molecule has 126 valence electrons. The molecule has 1 aliphatic rings. The zero-order chi connectivity index (χ0) is 17.3. The molecular formula is C17H15BrClNO2S2. The lowest BCUT2D eigenvalue weighted by Crippen LogP contribution is -2.28. The summed E-state index contributed by atoms with van der Waals surface area (Å²) in [6.07, 6.45) is 4.83. The third-order valence-corrected chi connectivity index (χ3v) is 6.00. The van der Waals surface area contributed by atoms with Crippen molar-refractivity contribution in [2.75, 3.05) is 6.54 Å². The number of carbonyl (C=O) groups excluding carboxylic acids is 1. The van der Waals surface area contributed by atoms with Gasteiger partial charge < -0.3 is 4.42 Å². The Bertz CT molecular complexity index is 846. The summed E-state index contributed by atoms with van der Waals surface area (Å²) >= 11 is 16.5. The third kappa shape index (κ3) is 3.57. The van der Waals surface area contributed by atoms with Gasteiger partial charge in [0.15, 0.2) is 0 Å². The smallest absolute Gasteiger partial charge is 0.266 e. The summed E-state index contributed by atoms with van der Waals surface area (Å²) in [5, 5.41) is 1.32. The first-order valence-electron chi connectivity index (χ1n) is 7.64. The van der Waals surface area contributed by atoms with E-state index in [1.165, 1.54) is 11.8 Å². The number of amides is 1. The van der Waals surface area contributed by atoms with Crippen molar-refractivity contribution in [2.24, 2.45) is 0 Å². The minimum atomic E-state index is -0.0705. The molecule has 0 aliphatic carbocycles. The number of thiocarbonyl (C=S) groups is 1. The molecule has 1 aromatic carbocycles. The van der Waals surface area contributed by atoms with E-state index in [-0.39, 0.29) is 5.91 Å². The second-order valence-electron chi connectivity index (χ2n) is 5.46. The second kappa shape index (κ2) is 7.60. The van der Waals surface area contributed by atoms with Crippen molar-refractivity contribution in [3.8, 4) is 0 Å². The molecule has 3 nitrogen and oxygen atoms in total. The number of furan rings is 1. The summed E-state index contributed by atoms with van der Waals surface area (Å²) < 4.78 is 7.29. The average Bonchev–Trinajstić information content (AvgIpc) is 2.99. The molecule has 0 unspecified atom stereocenters. The summed E-state index contributed by atoms with van der Waals surface area (Å²) in [5.41, 5.74) is 0.688. The molecule has 0 saturated carbocycles. The van der Waals surface area contributed by atoms with Gasteiger partial charge >= 0.3 is 0 Å². The number of hydrogen-bond acceptors (Lipinski definition) is 4. The van der Waals surface area contributed by atoms with E-state index in [9.17, 15) is 4.79 Å². The van der Waals surface area contributed by atoms with E-state index in [2.05, 4.69) is 22.9 Å². The molecular weight excluding hydrogens is 430 g/mol. The van der Waals surface area contributed by atoms with Crippen LogP contribution in [-0.2, 0) is 4.79 Å². The van der Waals surface area contributed by atoms with Crippen LogP contribution in [0.25, 0.3) is 17.0 Å². The Kier molecular flexibility index (Phi) is 5.70. The topological polar surface area (TPSA) is 33.5 Å². The van der Waals surface area contributed by atoms with Crippen molar-refractivity contribution in [1.82, 2.24) is 4.90 Å². The van der Waals surface area contributed by atoms with Gasteiger partial charge in [0.25, 0.3) is 5.91 Å². The van der Waals surface area contributed by atoms with Crippen molar-refractivity contribution in [3.63, 3.8) is 0 Å². The Morgan fingerprint density at radius 2 is 2.21 bits per heavy atom. The van der Waals surface area contributed by atoms with Crippen molar-refractivity contribution >= 4 is 78.8 Å². The number of nitrogens with zero attached hydrogens (tertiary/aromatic N) is 1. The summed E-state index contributed by atoms with van der Waals surface area (Å²) in [6, 6.07) is 5.63. The normalized spacial score (nSPS) is 16.8. The monoisotopic (exact) mass is 443 g/mol. The molecule has 3 rings (SSSR count). The predicted octanol–water partition coefficient (Wildman–Crippen LogP) is 6.24. The van der Waals surface area contributed by atoms with Crippen molar-refractivity contribution < 1.29 is 9.21 Å². The molecule has 1 aromatic heterocycles. The van der Waals surface area contributed by atoms with Gasteiger partial charge in [-0.05, 0) is 24.6 Å². The van der Waals surface area contributed by atoms with Crippen LogP contribution in [-0.4, -0.2) is 21.7 Å². The fourth-order valence-corrected chi connectivity index (χ4v) is 4.36. The molecule has 0 bridgehead atoms. The lowest BCUT2D eigenvalue weighted by atomic mass is 10.2. The Morgan fingerprint density at radius 3 is 2.96 bits per heavy atom. The number of halogens is 2. The van der Waals surface area contributed by atoms with Gasteiger partial charge in [-0.25, -0.2) is 0 Å². The van der Waals surface area contributed by atoms with Crippen LogP contribution in [0.5, 0.6) is 0 Å². The molecule has 0 radical (unpaired) electrons. The third-order valence-electron chi connectivity index (χ3n) is 3.74. The van der Waals surface area contributed by atoms with Crippen LogP contribution in [0.3, 0.4) is 0 Å². The summed E-state index contributed by atoms with van der Waals surface area (Å²) in [4.78, 5) is 14.8. The van der Waals surface area contributed by atoms with Crippen LogP contribution in [0.4, 0.5) is 0 Å². The van der Waals surface area contributed by atoms with Crippen molar-refractivity contribution in [2.45, 2.75) is 26.2 Å². The minimum absolute atomic E-state index is 0.0705. The van der Waals surface area contributed by atoms with Gasteiger partial charge in [0.2, 0.25) is 0 Å². The largest absolute Gasteiger partial charge is 0.455 e. The van der Waals surface area contributed by atoms with E-state index in [0.717, 1.165) is 29.1 Å². The number of benzene rings is 1. The quantitative estimate of drug-likeness (QED) is 0.310. The molecule has 2 aromatic rings. The van der Waals surface area contributed by atoms with Crippen LogP contribution in [0.15, 0.2) is 32.0 Å². The minimum Gasteiger partial charge on any atom is -0.455 e. The van der Waals surface area contributed by atoms with Gasteiger partial charge in [-0.15, -0.1) is 0 Å². The van der Waals surface area contributed by atoms with E-state index >= 15 is 0 Å². The highest BCUT2D eigenvalue weighted by Gasteiger charge is 2.32. The molecule has 1 saturated heterocycles.